The average Bonchev–Trinajstić information content (AvgIpc) is 2.16. The van der Waals surface area contributed by atoms with Gasteiger partial charge in [0.2, 0.25) is 6.29 Å². The van der Waals surface area contributed by atoms with Crippen molar-refractivity contribution < 1.29 is 19.8 Å². The number of rotatable bonds is 5. The number of aromatic hydroxyl groups is 1. The van der Waals surface area contributed by atoms with E-state index in [2.05, 4.69) is 4.84 Å². The van der Waals surface area contributed by atoms with Crippen LogP contribution < -0.4 is 0 Å². The van der Waals surface area contributed by atoms with E-state index >= 15 is 0 Å². The average molecular weight is 213 g/mol. The molecule has 0 aliphatic heterocycles. The zero-order valence-corrected chi connectivity index (χ0v) is 8.12. The first kappa shape index (κ1) is 11.3. The Morgan fingerprint density at radius 2 is 2.07 bits per heavy atom. The van der Waals surface area contributed by atoms with E-state index in [1.54, 1.807) is 12.1 Å². The van der Waals surface area contributed by atoms with Gasteiger partial charge in [0.1, 0.15) is 5.75 Å². The first-order valence-electron chi connectivity index (χ1n) is 4.28. The van der Waals surface area contributed by atoms with Gasteiger partial charge in [0.25, 0.3) is 5.09 Å². The number of hydrogen-bond donors (Lipinski definition) is 1. The first-order valence-corrected chi connectivity index (χ1v) is 4.28. The van der Waals surface area contributed by atoms with Crippen LogP contribution in [0.15, 0.2) is 24.3 Å². The molecule has 6 nitrogen and oxygen atoms in total. The smallest absolute Gasteiger partial charge is 0.297 e. The molecule has 0 radical (unpaired) electrons. The SMILES string of the molecule is CC(OCc1ccc(O)cc1)O[N+](=O)[O-]. The van der Waals surface area contributed by atoms with E-state index < -0.39 is 11.4 Å². The van der Waals surface area contributed by atoms with Crippen molar-refractivity contribution in [2.75, 3.05) is 0 Å². The van der Waals surface area contributed by atoms with Crippen molar-refractivity contribution in [2.45, 2.75) is 19.8 Å². The monoisotopic (exact) mass is 213 g/mol. The third-order valence-corrected chi connectivity index (χ3v) is 1.66. The second kappa shape index (κ2) is 5.16. The second-order valence-corrected chi connectivity index (χ2v) is 2.87. The Morgan fingerprint density at radius 1 is 1.47 bits per heavy atom. The molecule has 0 bridgehead atoms. The molecule has 0 saturated heterocycles. The topological polar surface area (TPSA) is 81.8 Å². The van der Waals surface area contributed by atoms with Gasteiger partial charge in [0.15, 0.2) is 0 Å². The van der Waals surface area contributed by atoms with Gasteiger partial charge < -0.3 is 9.84 Å². The molecular formula is C9H11NO5. The molecule has 15 heavy (non-hydrogen) atoms. The van der Waals surface area contributed by atoms with Crippen molar-refractivity contribution >= 4 is 0 Å². The van der Waals surface area contributed by atoms with Gasteiger partial charge in [0, 0.05) is 0 Å². The second-order valence-electron chi connectivity index (χ2n) is 2.87. The molecule has 1 unspecified atom stereocenters. The molecule has 1 N–H and O–H groups in total. The Bertz CT molecular complexity index is 324. The predicted molar refractivity (Wildman–Crippen MR) is 50.4 cm³/mol. The Kier molecular flexibility index (Phi) is 3.87. The van der Waals surface area contributed by atoms with Crippen molar-refractivity contribution in [3.63, 3.8) is 0 Å². The summed E-state index contributed by atoms with van der Waals surface area (Å²) >= 11 is 0. The van der Waals surface area contributed by atoms with Crippen LogP contribution in [0.4, 0.5) is 0 Å². The summed E-state index contributed by atoms with van der Waals surface area (Å²) in [5.74, 6) is 0.160. The van der Waals surface area contributed by atoms with Crippen LogP contribution in [0.1, 0.15) is 12.5 Å². The molecule has 82 valence electrons. The molecule has 0 heterocycles. The van der Waals surface area contributed by atoms with E-state index in [1.807, 2.05) is 0 Å². The van der Waals surface area contributed by atoms with Crippen LogP contribution in [0, 0.1) is 10.1 Å². The minimum atomic E-state index is -0.909. The van der Waals surface area contributed by atoms with Gasteiger partial charge >= 0.3 is 0 Å². The summed E-state index contributed by atoms with van der Waals surface area (Å²) in [4.78, 5) is 14.1. The Balaban J connectivity index is 2.36. The standard InChI is InChI=1S/C9H11NO5/c1-7(15-10(12)13)14-6-8-2-4-9(11)5-3-8/h2-5,7,11H,6H2,1H3. The fraction of sp³-hybridized carbons (Fsp3) is 0.333. The fourth-order valence-electron chi connectivity index (χ4n) is 0.957. The lowest BCUT2D eigenvalue weighted by molar-refractivity contribution is -0.779. The van der Waals surface area contributed by atoms with Gasteiger partial charge in [-0.15, -0.1) is 10.1 Å². The number of benzene rings is 1. The Hall–Kier alpha value is -1.82. The van der Waals surface area contributed by atoms with Crippen molar-refractivity contribution in [3.05, 3.63) is 39.9 Å². The highest BCUT2D eigenvalue weighted by Gasteiger charge is 2.06. The number of phenols is 1. The van der Waals surface area contributed by atoms with Crippen LogP contribution in [0.5, 0.6) is 5.75 Å². The molecule has 0 spiro atoms. The first-order chi connectivity index (χ1) is 7.08. The molecule has 1 rings (SSSR count). The largest absolute Gasteiger partial charge is 0.508 e. The van der Waals surface area contributed by atoms with Gasteiger partial charge in [-0.05, 0) is 24.6 Å². The minimum Gasteiger partial charge on any atom is -0.508 e. The number of nitrogens with zero attached hydrogens (tertiary/aromatic N) is 1. The highest BCUT2D eigenvalue weighted by molar-refractivity contribution is 5.25. The third kappa shape index (κ3) is 4.28. The number of phenolic OH excluding ortho intramolecular Hbond substituents is 1. The lowest BCUT2D eigenvalue weighted by Crippen LogP contribution is -2.16. The van der Waals surface area contributed by atoms with Gasteiger partial charge in [-0.1, -0.05) is 12.1 Å². The Labute approximate surface area is 86.2 Å². The van der Waals surface area contributed by atoms with E-state index in [0.717, 1.165) is 5.56 Å². The highest BCUT2D eigenvalue weighted by Crippen LogP contribution is 2.11. The molecule has 1 atom stereocenters. The molecule has 0 aliphatic carbocycles. The molecule has 1 aromatic carbocycles. The quantitative estimate of drug-likeness (QED) is 0.455. The normalized spacial score (nSPS) is 12.1. The zero-order valence-electron chi connectivity index (χ0n) is 8.12. The van der Waals surface area contributed by atoms with Crippen LogP contribution in [0.2, 0.25) is 0 Å². The van der Waals surface area contributed by atoms with Gasteiger partial charge in [-0.2, -0.15) is 0 Å². The summed E-state index contributed by atoms with van der Waals surface area (Å²) in [5.41, 5.74) is 0.798. The van der Waals surface area contributed by atoms with Crippen molar-refractivity contribution in [1.82, 2.24) is 0 Å². The van der Waals surface area contributed by atoms with Gasteiger partial charge in [0.05, 0.1) is 6.61 Å². The summed E-state index contributed by atoms with van der Waals surface area (Å²) in [6.07, 6.45) is -0.909. The lowest BCUT2D eigenvalue weighted by atomic mass is 10.2. The van der Waals surface area contributed by atoms with Crippen LogP contribution in [0.3, 0.4) is 0 Å². The zero-order chi connectivity index (χ0) is 11.3. The molecule has 0 aliphatic rings. The summed E-state index contributed by atoms with van der Waals surface area (Å²) in [6, 6.07) is 6.35. The van der Waals surface area contributed by atoms with E-state index in [1.165, 1.54) is 19.1 Å². The maximum atomic E-state index is 9.94. The van der Waals surface area contributed by atoms with E-state index in [4.69, 9.17) is 9.84 Å². The van der Waals surface area contributed by atoms with Crippen LogP contribution in [-0.2, 0) is 16.2 Å². The van der Waals surface area contributed by atoms with Crippen LogP contribution >= 0.6 is 0 Å². The molecule has 0 fully saturated rings. The molecule has 0 amide bonds. The molecule has 1 aromatic rings. The summed E-state index contributed by atoms with van der Waals surface area (Å²) in [6.45, 7) is 1.62. The highest BCUT2D eigenvalue weighted by atomic mass is 17.0. The predicted octanol–water partition coefficient (Wildman–Crippen LogP) is 1.46. The third-order valence-electron chi connectivity index (χ3n) is 1.66. The molecule has 6 heteroatoms. The maximum absolute atomic E-state index is 9.94. The molecule has 0 saturated carbocycles. The van der Waals surface area contributed by atoms with E-state index in [-0.39, 0.29) is 12.4 Å². The fourth-order valence-corrected chi connectivity index (χ4v) is 0.957. The Morgan fingerprint density at radius 3 is 2.60 bits per heavy atom. The van der Waals surface area contributed by atoms with Crippen molar-refractivity contribution in [1.29, 1.82) is 0 Å². The van der Waals surface area contributed by atoms with Gasteiger partial charge in [-0.3, -0.25) is 4.84 Å². The molecular weight excluding hydrogens is 202 g/mol. The maximum Gasteiger partial charge on any atom is 0.297 e. The summed E-state index contributed by atoms with van der Waals surface area (Å²) < 4.78 is 5.03. The van der Waals surface area contributed by atoms with Crippen LogP contribution in [0.25, 0.3) is 0 Å². The van der Waals surface area contributed by atoms with Crippen LogP contribution in [-0.4, -0.2) is 16.5 Å². The van der Waals surface area contributed by atoms with E-state index in [9.17, 15) is 10.1 Å². The minimum absolute atomic E-state index is 0.160. The summed E-state index contributed by atoms with van der Waals surface area (Å²) in [5, 5.41) is 18.0. The summed E-state index contributed by atoms with van der Waals surface area (Å²) in [7, 11) is 0. The number of ether oxygens (including phenoxy) is 1. The van der Waals surface area contributed by atoms with E-state index in [0.29, 0.717) is 0 Å². The lowest BCUT2D eigenvalue weighted by Gasteiger charge is -2.10. The van der Waals surface area contributed by atoms with Crippen molar-refractivity contribution in [3.8, 4) is 5.75 Å². The number of hydrogen-bond acceptors (Lipinski definition) is 5. The van der Waals surface area contributed by atoms with Gasteiger partial charge in [-0.25, -0.2) is 0 Å². The molecule has 0 aromatic heterocycles. The van der Waals surface area contributed by atoms with Crippen molar-refractivity contribution in [2.24, 2.45) is 0 Å².